The van der Waals surface area contributed by atoms with Crippen LogP contribution in [0.5, 0.6) is 0 Å². The van der Waals surface area contributed by atoms with Crippen molar-refractivity contribution in [2.75, 3.05) is 13.1 Å². The number of hydrogen-bond donors (Lipinski definition) is 8. The molecule has 0 fully saturated rings. The van der Waals surface area contributed by atoms with E-state index in [1.807, 2.05) is 0 Å². The van der Waals surface area contributed by atoms with Crippen LogP contribution >= 0.6 is 0 Å². The van der Waals surface area contributed by atoms with Gasteiger partial charge in [0.1, 0.15) is 12.1 Å². The highest BCUT2D eigenvalue weighted by molar-refractivity contribution is 5.95. The first-order valence-electron chi connectivity index (χ1n) is 10.1. The van der Waals surface area contributed by atoms with Crippen molar-refractivity contribution in [2.45, 2.75) is 57.7 Å². The Bertz CT molecular complexity index is 710. The zero-order valence-electron chi connectivity index (χ0n) is 18.3. The maximum atomic E-state index is 12.4. The number of carboxylic acids is 1. The highest BCUT2D eigenvalue weighted by Crippen LogP contribution is 2.07. The lowest BCUT2D eigenvalue weighted by molar-refractivity contribution is -0.143. The molecule has 0 aliphatic carbocycles. The fraction of sp³-hybridized carbons (Fsp3) is 0.667. The van der Waals surface area contributed by atoms with E-state index >= 15 is 0 Å². The number of aliphatic carboxylic acids is 1. The minimum absolute atomic E-state index is 0.0934. The molecule has 4 unspecified atom stereocenters. The highest BCUT2D eigenvalue weighted by atomic mass is 16.4. The maximum absolute atomic E-state index is 12.4. The second-order valence-corrected chi connectivity index (χ2v) is 7.27. The van der Waals surface area contributed by atoms with E-state index < -0.39 is 60.7 Å². The summed E-state index contributed by atoms with van der Waals surface area (Å²) in [7, 11) is 0. The molecule has 4 atom stereocenters. The Kier molecular flexibility index (Phi) is 13.0. The molecule has 0 bridgehead atoms. The summed E-state index contributed by atoms with van der Waals surface area (Å²) < 4.78 is 0. The number of rotatable bonds is 15. The van der Waals surface area contributed by atoms with Crippen LogP contribution < -0.4 is 38.9 Å². The molecule has 0 aromatic heterocycles. The number of carbonyl (C=O) groups excluding carboxylic acids is 4. The number of hydrogen-bond acceptors (Lipinski definition) is 7. The van der Waals surface area contributed by atoms with Crippen LogP contribution in [0.15, 0.2) is 4.99 Å². The largest absolute Gasteiger partial charge is 0.480 e. The number of nitrogens with one attached hydrogen (secondary N) is 3. The van der Waals surface area contributed by atoms with Crippen molar-refractivity contribution >= 4 is 35.6 Å². The van der Waals surface area contributed by atoms with E-state index in [2.05, 4.69) is 20.9 Å². The van der Waals surface area contributed by atoms with Gasteiger partial charge in [0.05, 0.1) is 19.0 Å². The Morgan fingerprint density at radius 1 is 1.03 bits per heavy atom. The summed E-state index contributed by atoms with van der Waals surface area (Å²) in [6.07, 6.45) is 0.607. The van der Waals surface area contributed by atoms with E-state index in [0.29, 0.717) is 12.8 Å². The number of aliphatic imine (C=N–C) groups is 1. The van der Waals surface area contributed by atoms with Crippen molar-refractivity contribution in [3.63, 3.8) is 0 Å². The molecular formula is C18H34N8O6. The number of guanidine groups is 1. The van der Waals surface area contributed by atoms with Gasteiger partial charge in [-0.2, -0.15) is 0 Å². The first kappa shape index (κ1) is 28.6. The van der Waals surface area contributed by atoms with E-state index in [4.69, 9.17) is 22.9 Å². The van der Waals surface area contributed by atoms with E-state index in [1.165, 1.54) is 0 Å². The highest BCUT2D eigenvalue weighted by Gasteiger charge is 2.28. The molecule has 0 aromatic carbocycles. The van der Waals surface area contributed by atoms with E-state index in [-0.39, 0.29) is 24.8 Å². The van der Waals surface area contributed by atoms with Crippen molar-refractivity contribution in [3.8, 4) is 0 Å². The monoisotopic (exact) mass is 458 g/mol. The van der Waals surface area contributed by atoms with E-state index in [9.17, 15) is 29.1 Å². The van der Waals surface area contributed by atoms with Crippen LogP contribution in [-0.4, -0.2) is 71.9 Å². The van der Waals surface area contributed by atoms with Gasteiger partial charge < -0.3 is 44.0 Å². The van der Waals surface area contributed by atoms with Gasteiger partial charge in [0, 0.05) is 6.54 Å². The van der Waals surface area contributed by atoms with Crippen LogP contribution in [0.25, 0.3) is 0 Å². The van der Waals surface area contributed by atoms with Gasteiger partial charge in [-0.25, -0.2) is 4.79 Å². The lowest BCUT2D eigenvalue weighted by Crippen LogP contribution is -2.54. The molecule has 0 spiro atoms. The predicted octanol–water partition coefficient (Wildman–Crippen LogP) is -3.54. The summed E-state index contributed by atoms with van der Waals surface area (Å²) in [6.45, 7) is 3.14. The fourth-order valence-corrected chi connectivity index (χ4v) is 2.54. The first-order valence-corrected chi connectivity index (χ1v) is 10.1. The van der Waals surface area contributed by atoms with Gasteiger partial charge in [-0.05, 0) is 18.8 Å². The molecule has 14 nitrogen and oxygen atoms in total. The van der Waals surface area contributed by atoms with Crippen molar-refractivity contribution in [1.29, 1.82) is 0 Å². The van der Waals surface area contributed by atoms with Crippen molar-refractivity contribution in [2.24, 2.45) is 33.8 Å². The normalized spacial score (nSPS) is 14.2. The third-order valence-corrected chi connectivity index (χ3v) is 4.56. The molecule has 0 heterocycles. The van der Waals surface area contributed by atoms with Gasteiger partial charge in [0.25, 0.3) is 0 Å². The molecule has 0 aromatic rings. The summed E-state index contributed by atoms with van der Waals surface area (Å²) >= 11 is 0. The van der Waals surface area contributed by atoms with Gasteiger partial charge in [0.2, 0.25) is 23.6 Å². The van der Waals surface area contributed by atoms with Crippen molar-refractivity contribution < 1.29 is 29.1 Å². The van der Waals surface area contributed by atoms with Crippen LogP contribution in [0.2, 0.25) is 0 Å². The average Bonchev–Trinajstić information content (AvgIpc) is 2.71. The SMILES string of the molecule is CCC(C)C(NC(=O)CNC(=O)C(CC(N)=O)NC(=O)C(N)CCCN=C(N)N)C(=O)O. The van der Waals surface area contributed by atoms with Crippen LogP contribution in [-0.2, 0) is 24.0 Å². The average molecular weight is 459 g/mol. The molecule has 14 heteroatoms. The number of amides is 4. The van der Waals surface area contributed by atoms with Gasteiger partial charge in [-0.3, -0.25) is 24.2 Å². The summed E-state index contributed by atoms with van der Waals surface area (Å²) in [5.41, 5.74) is 21.3. The second kappa shape index (κ2) is 14.6. The Morgan fingerprint density at radius 3 is 2.16 bits per heavy atom. The minimum Gasteiger partial charge on any atom is -0.480 e. The number of carboxylic acid groups (broad SMARTS) is 1. The Morgan fingerprint density at radius 2 is 1.66 bits per heavy atom. The number of primary amides is 1. The Hall–Kier alpha value is -3.42. The molecule has 12 N–H and O–H groups in total. The van der Waals surface area contributed by atoms with E-state index in [0.717, 1.165) is 0 Å². The standard InChI is InChI=1S/C18H34N8O6/c1-3-9(2)14(17(31)32)26-13(28)8-24-16(30)11(7-12(20)27)25-15(29)10(19)5-4-6-23-18(21)22/h9-11,14H,3-8,19H2,1-2H3,(H2,20,27)(H,24,30)(H,25,29)(H,26,28)(H,31,32)(H4,21,22,23). The smallest absolute Gasteiger partial charge is 0.326 e. The Labute approximate surface area is 185 Å². The summed E-state index contributed by atoms with van der Waals surface area (Å²) in [5, 5.41) is 16.1. The minimum atomic E-state index is -1.36. The number of carbonyl (C=O) groups is 5. The van der Waals surface area contributed by atoms with Crippen molar-refractivity contribution in [3.05, 3.63) is 0 Å². The van der Waals surface area contributed by atoms with Gasteiger partial charge >= 0.3 is 5.97 Å². The molecule has 4 amide bonds. The summed E-state index contributed by atoms with van der Waals surface area (Å²) in [4.78, 5) is 63.0. The molecule has 0 aliphatic rings. The molecule has 182 valence electrons. The molecule has 0 aliphatic heterocycles. The molecule has 0 radical (unpaired) electrons. The molecule has 32 heavy (non-hydrogen) atoms. The topological polar surface area (TPSA) is 258 Å². The van der Waals surface area contributed by atoms with Crippen molar-refractivity contribution in [1.82, 2.24) is 16.0 Å². The molecule has 0 saturated heterocycles. The summed E-state index contributed by atoms with van der Waals surface area (Å²) in [5.74, 6) is -4.79. The number of nitrogens with zero attached hydrogens (tertiary/aromatic N) is 1. The maximum Gasteiger partial charge on any atom is 0.326 e. The lowest BCUT2D eigenvalue weighted by atomic mass is 9.99. The third kappa shape index (κ3) is 11.7. The molecule has 0 rings (SSSR count). The first-order chi connectivity index (χ1) is 14.9. The Balaban J connectivity index is 4.85. The predicted molar refractivity (Wildman–Crippen MR) is 116 cm³/mol. The second-order valence-electron chi connectivity index (χ2n) is 7.27. The van der Waals surface area contributed by atoms with Gasteiger partial charge in [0.15, 0.2) is 5.96 Å². The molecular weight excluding hydrogens is 424 g/mol. The van der Waals surface area contributed by atoms with Gasteiger partial charge in [-0.1, -0.05) is 20.3 Å². The van der Waals surface area contributed by atoms with Crippen LogP contribution in [0, 0.1) is 5.92 Å². The van der Waals surface area contributed by atoms with Crippen LogP contribution in [0.1, 0.15) is 39.5 Å². The molecule has 0 saturated carbocycles. The van der Waals surface area contributed by atoms with Crippen LogP contribution in [0.4, 0.5) is 0 Å². The third-order valence-electron chi connectivity index (χ3n) is 4.56. The summed E-state index contributed by atoms with van der Waals surface area (Å²) in [6, 6.07) is -3.48. The van der Waals surface area contributed by atoms with Gasteiger partial charge in [-0.15, -0.1) is 0 Å². The lowest BCUT2D eigenvalue weighted by Gasteiger charge is -2.21. The fourth-order valence-electron chi connectivity index (χ4n) is 2.54. The zero-order valence-corrected chi connectivity index (χ0v) is 18.3. The number of nitrogens with two attached hydrogens (primary N) is 4. The quantitative estimate of drug-likeness (QED) is 0.0685. The van der Waals surface area contributed by atoms with E-state index in [1.54, 1.807) is 13.8 Å². The van der Waals surface area contributed by atoms with Crippen LogP contribution in [0.3, 0.4) is 0 Å². The zero-order chi connectivity index (χ0) is 24.8.